The Labute approximate surface area is 118 Å². The van der Waals surface area contributed by atoms with Gasteiger partial charge in [0.15, 0.2) is 0 Å². The molecule has 1 fully saturated rings. The van der Waals surface area contributed by atoms with Gasteiger partial charge in [-0.1, -0.05) is 19.8 Å². The second kappa shape index (κ2) is 6.53. The molecule has 1 radical (unpaired) electrons. The molecule has 2 N–H and O–H groups in total. The van der Waals surface area contributed by atoms with Gasteiger partial charge in [-0.25, -0.2) is 0 Å². The minimum Gasteiger partial charge on any atom is -0.392 e. The zero-order chi connectivity index (χ0) is 14.7. The largest absolute Gasteiger partial charge is 0.392 e. The van der Waals surface area contributed by atoms with E-state index in [0.29, 0.717) is 12.6 Å². The number of unbranched alkanes of at least 4 members (excludes halogenated alkanes) is 1. The van der Waals surface area contributed by atoms with Crippen molar-refractivity contribution in [1.82, 2.24) is 10.4 Å². The fourth-order valence-corrected chi connectivity index (χ4v) is 3.25. The molecule has 0 aromatic heterocycles. The normalized spacial score (nSPS) is 25.4. The van der Waals surface area contributed by atoms with Gasteiger partial charge in [0.1, 0.15) is 0 Å². The molecule has 0 spiro atoms. The first-order valence-electron chi connectivity index (χ1n) is 7.58. The van der Waals surface area contributed by atoms with Crippen LogP contribution >= 0.6 is 0 Å². The van der Waals surface area contributed by atoms with Crippen molar-refractivity contribution < 1.29 is 10.3 Å². The predicted octanol–water partition coefficient (Wildman–Crippen LogP) is 2.49. The summed E-state index contributed by atoms with van der Waals surface area (Å²) in [6, 6.07) is 0.312. The first-order chi connectivity index (χ1) is 8.69. The molecule has 1 atom stereocenters. The van der Waals surface area contributed by atoms with Gasteiger partial charge in [-0.15, -0.1) is 10.3 Å². The molecule has 0 aromatic carbocycles. The zero-order valence-corrected chi connectivity index (χ0v) is 13.2. The van der Waals surface area contributed by atoms with Crippen LogP contribution in [0.2, 0.25) is 0 Å². The molecule has 19 heavy (non-hydrogen) atoms. The second-order valence-corrected chi connectivity index (χ2v) is 7.23. The average Bonchev–Trinajstić information content (AvgIpc) is 2.30. The fraction of sp³-hybridized carbons (Fsp3) is 1.00. The molecule has 0 saturated carbocycles. The van der Waals surface area contributed by atoms with Gasteiger partial charge < -0.3 is 10.4 Å². The Hall–Kier alpha value is -0.160. The van der Waals surface area contributed by atoms with E-state index in [0.717, 1.165) is 32.1 Å². The monoisotopic (exact) mass is 271 g/mol. The van der Waals surface area contributed by atoms with Crippen LogP contribution in [0.25, 0.3) is 0 Å². The van der Waals surface area contributed by atoms with Gasteiger partial charge in [-0.2, -0.15) is 0 Å². The summed E-state index contributed by atoms with van der Waals surface area (Å²) < 4.78 is 0. The molecular weight excluding hydrogens is 240 g/mol. The maximum atomic E-state index is 12.2. The number of nitrogens with zero attached hydrogens (tertiary/aromatic N) is 1. The smallest absolute Gasteiger partial charge is 0.0664 e. The van der Waals surface area contributed by atoms with E-state index in [9.17, 15) is 10.3 Å². The third kappa shape index (κ3) is 4.71. The number of rotatable bonds is 6. The van der Waals surface area contributed by atoms with E-state index in [2.05, 4.69) is 12.2 Å². The summed E-state index contributed by atoms with van der Waals surface area (Å²) in [5.41, 5.74) is -0.679. The van der Waals surface area contributed by atoms with E-state index >= 15 is 0 Å². The fourth-order valence-electron chi connectivity index (χ4n) is 3.25. The van der Waals surface area contributed by atoms with Crippen LogP contribution in [0, 0.1) is 0 Å². The molecule has 1 saturated heterocycles. The molecule has 1 rings (SSSR count). The number of hydrogen-bond donors (Lipinski definition) is 2. The van der Waals surface area contributed by atoms with Gasteiger partial charge >= 0.3 is 0 Å². The summed E-state index contributed by atoms with van der Waals surface area (Å²) in [6.07, 6.45) is 4.44. The summed E-state index contributed by atoms with van der Waals surface area (Å²) in [7, 11) is 0. The third-order valence-electron chi connectivity index (χ3n) is 4.12. The molecule has 0 bridgehead atoms. The highest BCUT2D eigenvalue weighted by molar-refractivity contribution is 4.98. The highest BCUT2D eigenvalue weighted by Crippen LogP contribution is 2.36. The van der Waals surface area contributed by atoms with Crippen molar-refractivity contribution in [1.29, 1.82) is 0 Å². The Morgan fingerprint density at radius 1 is 1.26 bits per heavy atom. The first-order valence-corrected chi connectivity index (χ1v) is 7.58. The van der Waals surface area contributed by atoms with Crippen LogP contribution in [-0.4, -0.2) is 39.9 Å². The number of nitrogens with one attached hydrogen (secondary N) is 1. The maximum Gasteiger partial charge on any atom is 0.0664 e. The lowest BCUT2D eigenvalue weighted by Gasteiger charge is -2.50. The van der Waals surface area contributed by atoms with Crippen LogP contribution < -0.4 is 5.32 Å². The van der Waals surface area contributed by atoms with Gasteiger partial charge in [0.05, 0.1) is 6.10 Å². The molecule has 0 aromatic rings. The number of aliphatic hydroxyl groups excluding tert-OH is 1. The molecule has 4 heteroatoms. The lowest BCUT2D eigenvalue weighted by atomic mass is 9.79. The van der Waals surface area contributed by atoms with Gasteiger partial charge in [-0.3, -0.25) is 0 Å². The Morgan fingerprint density at radius 2 is 1.79 bits per heavy atom. The van der Waals surface area contributed by atoms with Crippen molar-refractivity contribution in [3.8, 4) is 0 Å². The zero-order valence-electron chi connectivity index (χ0n) is 13.2. The van der Waals surface area contributed by atoms with E-state index < -0.39 is 0 Å². The molecular formula is C15H31N2O2. The Kier molecular flexibility index (Phi) is 5.80. The van der Waals surface area contributed by atoms with E-state index in [1.54, 1.807) is 0 Å². The van der Waals surface area contributed by atoms with Crippen molar-refractivity contribution in [2.45, 2.75) is 89.9 Å². The lowest BCUT2D eigenvalue weighted by Crippen LogP contribution is -2.62. The topological polar surface area (TPSA) is 55.4 Å². The average molecular weight is 271 g/mol. The first kappa shape index (κ1) is 16.9. The number of hydrogen-bond acceptors (Lipinski definition) is 3. The lowest BCUT2D eigenvalue weighted by molar-refractivity contribution is -0.290. The molecule has 1 unspecified atom stereocenters. The quantitative estimate of drug-likeness (QED) is 0.780. The highest BCUT2D eigenvalue weighted by Gasteiger charge is 2.45. The minimum atomic E-state index is -0.339. The number of piperidine rings is 1. The summed E-state index contributed by atoms with van der Waals surface area (Å²) >= 11 is 0. The molecule has 4 nitrogen and oxygen atoms in total. The SMILES string of the molecule is CCCCC(O)CNC1CC(C)(C)N([O])C(C)(C)C1. The van der Waals surface area contributed by atoms with Gasteiger partial charge in [0.2, 0.25) is 0 Å². The van der Waals surface area contributed by atoms with Crippen molar-refractivity contribution >= 4 is 0 Å². The van der Waals surface area contributed by atoms with Gasteiger partial charge in [0.25, 0.3) is 0 Å². The van der Waals surface area contributed by atoms with Crippen LogP contribution in [0.4, 0.5) is 0 Å². The Morgan fingerprint density at radius 3 is 2.26 bits per heavy atom. The Bertz CT molecular complexity index is 261. The van der Waals surface area contributed by atoms with E-state index in [1.165, 1.54) is 5.06 Å². The molecule has 0 aliphatic carbocycles. The third-order valence-corrected chi connectivity index (χ3v) is 4.12. The van der Waals surface area contributed by atoms with Crippen molar-refractivity contribution in [3.05, 3.63) is 0 Å². The molecule has 1 heterocycles. The van der Waals surface area contributed by atoms with E-state index in [-0.39, 0.29) is 17.2 Å². The van der Waals surface area contributed by atoms with Crippen molar-refractivity contribution in [2.24, 2.45) is 0 Å². The summed E-state index contributed by atoms with van der Waals surface area (Å²) in [6.45, 7) is 10.8. The summed E-state index contributed by atoms with van der Waals surface area (Å²) in [5, 5.41) is 26.8. The highest BCUT2D eigenvalue weighted by atomic mass is 16.5. The van der Waals surface area contributed by atoms with Crippen LogP contribution in [-0.2, 0) is 5.21 Å². The van der Waals surface area contributed by atoms with Gasteiger partial charge in [-0.05, 0) is 47.0 Å². The maximum absolute atomic E-state index is 12.2. The predicted molar refractivity (Wildman–Crippen MR) is 77.2 cm³/mol. The van der Waals surface area contributed by atoms with E-state index in [4.69, 9.17) is 0 Å². The standard InChI is InChI=1S/C15H31N2O2/c1-6-7-8-13(18)11-16-12-9-14(2,3)17(19)15(4,5)10-12/h12-13,16,18H,6-11H2,1-5H3. The van der Waals surface area contributed by atoms with Crippen LogP contribution in [0.3, 0.4) is 0 Å². The molecule has 1 aliphatic rings. The van der Waals surface area contributed by atoms with Crippen LogP contribution in [0.1, 0.15) is 66.7 Å². The summed E-state index contributed by atoms with van der Waals surface area (Å²) in [4.78, 5) is 0. The summed E-state index contributed by atoms with van der Waals surface area (Å²) in [5.74, 6) is 0. The second-order valence-electron chi connectivity index (χ2n) is 7.23. The molecule has 0 amide bonds. The Balaban J connectivity index is 2.47. The number of aliphatic hydroxyl groups is 1. The van der Waals surface area contributed by atoms with Crippen LogP contribution in [0.15, 0.2) is 0 Å². The van der Waals surface area contributed by atoms with Crippen LogP contribution in [0.5, 0.6) is 0 Å². The minimum absolute atomic E-state index is 0.267. The van der Waals surface area contributed by atoms with Crippen molar-refractivity contribution in [3.63, 3.8) is 0 Å². The number of hydroxylamine groups is 2. The molecule has 113 valence electrons. The van der Waals surface area contributed by atoms with E-state index in [1.807, 2.05) is 27.7 Å². The van der Waals surface area contributed by atoms with Crippen molar-refractivity contribution in [2.75, 3.05) is 6.54 Å². The molecule has 1 aliphatic heterocycles. The van der Waals surface area contributed by atoms with Gasteiger partial charge in [0, 0.05) is 23.7 Å².